The fraction of sp³-hybridized carbons (Fsp3) is 0.0952. The number of hydrogen-bond acceptors (Lipinski definition) is 4. The van der Waals surface area contributed by atoms with Crippen molar-refractivity contribution in [1.29, 1.82) is 0 Å². The van der Waals surface area contributed by atoms with E-state index in [1.807, 2.05) is 24.3 Å². The summed E-state index contributed by atoms with van der Waals surface area (Å²) in [5, 5.41) is 0. The molecule has 2 aromatic carbocycles. The summed E-state index contributed by atoms with van der Waals surface area (Å²) < 4.78 is 13.2. The third-order valence-corrected chi connectivity index (χ3v) is 4.34. The topological polar surface area (TPSA) is 64.7 Å². The Labute approximate surface area is 150 Å². The first-order valence-electron chi connectivity index (χ1n) is 8.43. The molecule has 26 heavy (non-hydrogen) atoms. The molecule has 0 amide bonds. The fourth-order valence-electron chi connectivity index (χ4n) is 2.91. The van der Waals surface area contributed by atoms with Gasteiger partial charge in [0.1, 0.15) is 17.0 Å². The van der Waals surface area contributed by atoms with Crippen LogP contribution < -0.4 is 5.73 Å². The summed E-state index contributed by atoms with van der Waals surface area (Å²) in [7, 11) is 0. The number of nitrogens with two attached hydrogens (primary N) is 1. The molecule has 4 aromatic rings. The molecule has 0 aliphatic carbocycles. The second-order valence-electron chi connectivity index (χ2n) is 6.05. The molecule has 5 heteroatoms. The number of aromatic nitrogens is 3. The van der Waals surface area contributed by atoms with Crippen LogP contribution in [0.15, 0.2) is 60.7 Å². The molecule has 2 N–H and O–H groups in total. The molecule has 0 saturated heterocycles. The Morgan fingerprint density at radius 1 is 0.808 bits per heavy atom. The van der Waals surface area contributed by atoms with Gasteiger partial charge in [0.15, 0.2) is 0 Å². The first-order chi connectivity index (χ1) is 12.6. The SMILES string of the molecule is CCc1ccc(-c2nc(N)nc3ccc(-c4ccc(F)cc4)nc23)cc1. The zero-order valence-corrected chi connectivity index (χ0v) is 14.3. The van der Waals surface area contributed by atoms with Gasteiger partial charge in [0.2, 0.25) is 5.95 Å². The number of anilines is 1. The van der Waals surface area contributed by atoms with Gasteiger partial charge in [0.05, 0.1) is 11.2 Å². The van der Waals surface area contributed by atoms with Gasteiger partial charge in [0.25, 0.3) is 0 Å². The van der Waals surface area contributed by atoms with Crippen molar-refractivity contribution in [3.8, 4) is 22.5 Å². The van der Waals surface area contributed by atoms with E-state index in [0.29, 0.717) is 16.7 Å². The van der Waals surface area contributed by atoms with Crippen molar-refractivity contribution in [3.05, 3.63) is 72.0 Å². The summed E-state index contributed by atoms with van der Waals surface area (Å²) in [6, 6.07) is 18.2. The molecule has 0 bridgehead atoms. The van der Waals surface area contributed by atoms with Crippen LogP contribution >= 0.6 is 0 Å². The third kappa shape index (κ3) is 2.99. The molecule has 4 rings (SSSR count). The summed E-state index contributed by atoms with van der Waals surface area (Å²) in [6.07, 6.45) is 0.972. The van der Waals surface area contributed by atoms with Crippen LogP contribution in [-0.4, -0.2) is 15.0 Å². The average molecular weight is 344 g/mol. The molecule has 0 spiro atoms. The normalized spacial score (nSPS) is 11.0. The van der Waals surface area contributed by atoms with Crippen molar-refractivity contribution in [2.24, 2.45) is 0 Å². The quantitative estimate of drug-likeness (QED) is 0.588. The lowest BCUT2D eigenvalue weighted by Gasteiger charge is -2.09. The highest BCUT2D eigenvalue weighted by Crippen LogP contribution is 2.28. The number of pyridine rings is 1. The van der Waals surface area contributed by atoms with E-state index >= 15 is 0 Å². The molecule has 0 saturated carbocycles. The van der Waals surface area contributed by atoms with Gasteiger partial charge in [0, 0.05) is 11.1 Å². The minimum absolute atomic E-state index is 0.211. The molecule has 2 heterocycles. The Morgan fingerprint density at radius 2 is 1.50 bits per heavy atom. The number of hydrogen-bond donors (Lipinski definition) is 1. The van der Waals surface area contributed by atoms with Crippen molar-refractivity contribution in [3.63, 3.8) is 0 Å². The van der Waals surface area contributed by atoms with Crippen molar-refractivity contribution in [1.82, 2.24) is 15.0 Å². The van der Waals surface area contributed by atoms with Gasteiger partial charge in [-0.25, -0.2) is 19.3 Å². The second kappa shape index (κ2) is 6.52. The van der Waals surface area contributed by atoms with E-state index in [1.165, 1.54) is 17.7 Å². The first-order valence-corrected chi connectivity index (χ1v) is 8.43. The monoisotopic (exact) mass is 344 g/mol. The molecule has 0 atom stereocenters. The first kappa shape index (κ1) is 16.1. The van der Waals surface area contributed by atoms with Crippen LogP contribution in [0.3, 0.4) is 0 Å². The maximum Gasteiger partial charge on any atom is 0.221 e. The number of fused-ring (bicyclic) bond motifs is 1. The molecule has 0 radical (unpaired) electrons. The highest BCUT2D eigenvalue weighted by Gasteiger charge is 2.12. The summed E-state index contributed by atoms with van der Waals surface area (Å²) >= 11 is 0. The van der Waals surface area contributed by atoms with Crippen LogP contribution in [0.4, 0.5) is 10.3 Å². The summed E-state index contributed by atoms with van der Waals surface area (Å²) in [5.41, 5.74) is 11.7. The lowest BCUT2D eigenvalue weighted by molar-refractivity contribution is 0.628. The minimum atomic E-state index is -0.276. The second-order valence-corrected chi connectivity index (χ2v) is 6.05. The van der Waals surface area contributed by atoms with Gasteiger partial charge in [-0.1, -0.05) is 31.2 Å². The number of aryl methyl sites for hydroxylation is 1. The Hall–Kier alpha value is -3.34. The van der Waals surface area contributed by atoms with E-state index in [-0.39, 0.29) is 11.8 Å². The van der Waals surface area contributed by atoms with Gasteiger partial charge in [-0.3, -0.25) is 0 Å². The lowest BCUT2D eigenvalue weighted by atomic mass is 10.1. The van der Waals surface area contributed by atoms with E-state index in [0.717, 1.165) is 23.2 Å². The average Bonchev–Trinajstić information content (AvgIpc) is 2.68. The molecule has 0 aliphatic rings. The van der Waals surface area contributed by atoms with Crippen molar-refractivity contribution < 1.29 is 4.39 Å². The van der Waals surface area contributed by atoms with Crippen LogP contribution in [0.1, 0.15) is 12.5 Å². The molecule has 0 unspecified atom stereocenters. The number of nitrogen functional groups attached to an aromatic ring is 1. The molecular formula is C21H17FN4. The van der Waals surface area contributed by atoms with E-state index in [9.17, 15) is 4.39 Å². The Kier molecular flexibility index (Phi) is 4.05. The predicted molar refractivity (Wildman–Crippen MR) is 102 cm³/mol. The minimum Gasteiger partial charge on any atom is -0.368 e. The number of benzene rings is 2. The molecule has 128 valence electrons. The summed E-state index contributed by atoms with van der Waals surface area (Å²) in [6.45, 7) is 2.11. The number of halogens is 1. The highest BCUT2D eigenvalue weighted by atomic mass is 19.1. The van der Waals surface area contributed by atoms with E-state index in [4.69, 9.17) is 10.7 Å². The van der Waals surface area contributed by atoms with Crippen LogP contribution in [0, 0.1) is 5.82 Å². The predicted octanol–water partition coefficient (Wildman–Crippen LogP) is 4.64. The Morgan fingerprint density at radius 3 is 2.19 bits per heavy atom. The van der Waals surface area contributed by atoms with E-state index in [1.54, 1.807) is 12.1 Å². The maximum absolute atomic E-state index is 13.2. The zero-order chi connectivity index (χ0) is 18.1. The summed E-state index contributed by atoms with van der Waals surface area (Å²) in [5.74, 6) is -0.0641. The van der Waals surface area contributed by atoms with Gasteiger partial charge in [-0.15, -0.1) is 0 Å². The van der Waals surface area contributed by atoms with Crippen molar-refractivity contribution >= 4 is 17.0 Å². The zero-order valence-electron chi connectivity index (χ0n) is 14.3. The van der Waals surface area contributed by atoms with Crippen LogP contribution in [0.5, 0.6) is 0 Å². The maximum atomic E-state index is 13.2. The Bertz CT molecular complexity index is 1070. The number of rotatable bonds is 3. The highest BCUT2D eigenvalue weighted by molar-refractivity contribution is 5.91. The fourth-order valence-corrected chi connectivity index (χ4v) is 2.91. The van der Waals surface area contributed by atoms with Crippen molar-refractivity contribution in [2.45, 2.75) is 13.3 Å². The smallest absolute Gasteiger partial charge is 0.221 e. The van der Waals surface area contributed by atoms with Crippen LogP contribution in [-0.2, 0) is 6.42 Å². The van der Waals surface area contributed by atoms with E-state index < -0.39 is 0 Å². The van der Waals surface area contributed by atoms with Gasteiger partial charge >= 0.3 is 0 Å². The molecule has 2 aromatic heterocycles. The van der Waals surface area contributed by atoms with Gasteiger partial charge in [-0.2, -0.15) is 0 Å². The molecule has 0 aliphatic heterocycles. The third-order valence-electron chi connectivity index (χ3n) is 4.34. The lowest BCUT2D eigenvalue weighted by Crippen LogP contribution is -2.00. The van der Waals surface area contributed by atoms with E-state index in [2.05, 4.69) is 29.0 Å². The van der Waals surface area contributed by atoms with Crippen LogP contribution in [0.2, 0.25) is 0 Å². The molecule has 0 fully saturated rings. The standard InChI is InChI=1S/C21H17FN4/c1-2-13-3-5-15(6-4-13)19-20-18(25-21(23)26-19)12-11-17(24-20)14-7-9-16(22)10-8-14/h3-12H,2H2,1H3,(H2,23,25,26). The Balaban J connectivity index is 1.90. The largest absolute Gasteiger partial charge is 0.368 e. The summed E-state index contributed by atoms with van der Waals surface area (Å²) in [4.78, 5) is 13.4. The van der Waals surface area contributed by atoms with Crippen molar-refractivity contribution in [2.75, 3.05) is 5.73 Å². The molecule has 4 nitrogen and oxygen atoms in total. The van der Waals surface area contributed by atoms with Crippen LogP contribution in [0.25, 0.3) is 33.5 Å². The van der Waals surface area contributed by atoms with Gasteiger partial charge < -0.3 is 5.73 Å². The van der Waals surface area contributed by atoms with Gasteiger partial charge in [-0.05, 0) is 48.4 Å². The molecular weight excluding hydrogens is 327 g/mol. The number of nitrogens with zero attached hydrogens (tertiary/aromatic N) is 3.